The van der Waals surface area contributed by atoms with E-state index in [1.807, 2.05) is 32.0 Å². The lowest BCUT2D eigenvalue weighted by Crippen LogP contribution is -2.43. The molecule has 3 N–H and O–H groups in total. The largest absolute Gasteiger partial charge is 0.493 e. The fourth-order valence-corrected chi connectivity index (χ4v) is 1.60. The molecule has 0 bridgehead atoms. The molecular formula is C14H22N2O3. The van der Waals surface area contributed by atoms with Gasteiger partial charge >= 0.3 is 0 Å². The van der Waals surface area contributed by atoms with E-state index in [4.69, 9.17) is 15.2 Å². The summed E-state index contributed by atoms with van der Waals surface area (Å²) < 4.78 is 10.4. The number of benzene rings is 1. The standard InChI is InChI=1S/C14H22N2O3/c1-9(2)13(15)14(17)16-8-10-5-6-11(18-3)12(7-10)19-4/h5-7,9,13H,8,15H2,1-4H3,(H,16,17). The lowest BCUT2D eigenvalue weighted by molar-refractivity contribution is -0.123. The monoisotopic (exact) mass is 266 g/mol. The maximum absolute atomic E-state index is 11.7. The molecule has 0 aliphatic carbocycles. The zero-order chi connectivity index (χ0) is 14.4. The van der Waals surface area contributed by atoms with Gasteiger partial charge in [-0.25, -0.2) is 0 Å². The SMILES string of the molecule is COc1ccc(CNC(=O)C(N)C(C)C)cc1OC. The zero-order valence-corrected chi connectivity index (χ0v) is 11.9. The Kier molecular flexibility index (Phi) is 5.63. The molecule has 1 unspecified atom stereocenters. The van der Waals surface area contributed by atoms with Gasteiger partial charge in [-0.2, -0.15) is 0 Å². The minimum atomic E-state index is -0.486. The van der Waals surface area contributed by atoms with E-state index in [-0.39, 0.29) is 11.8 Å². The molecule has 5 nitrogen and oxygen atoms in total. The van der Waals surface area contributed by atoms with Crippen LogP contribution in [0, 0.1) is 5.92 Å². The van der Waals surface area contributed by atoms with E-state index in [2.05, 4.69) is 5.32 Å². The molecule has 1 aromatic rings. The molecular weight excluding hydrogens is 244 g/mol. The topological polar surface area (TPSA) is 73.6 Å². The first-order chi connectivity index (χ1) is 8.99. The number of ether oxygens (including phenoxy) is 2. The van der Waals surface area contributed by atoms with Crippen molar-refractivity contribution < 1.29 is 14.3 Å². The third-order valence-corrected chi connectivity index (χ3v) is 2.94. The van der Waals surface area contributed by atoms with Gasteiger partial charge in [-0.05, 0) is 23.6 Å². The second-order valence-electron chi connectivity index (χ2n) is 4.68. The highest BCUT2D eigenvalue weighted by molar-refractivity contribution is 5.81. The average molecular weight is 266 g/mol. The first-order valence-electron chi connectivity index (χ1n) is 6.23. The van der Waals surface area contributed by atoms with Gasteiger partial charge in [0.2, 0.25) is 5.91 Å². The molecule has 0 radical (unpaired) electrons. The molecule has 5 heteroatoms. The van der Waals surface area contributed by atoms with Crippen LogP contribution in [-0.2, 0) is 11.3 Å². The van der Waals surface area contributed by atoms with Crippen molar-refractivity contribution in [2.75, 3.05) is 14.2 Å². The highest BCUT2D eigenvalue weighted by Gasteiger charge is 2.16. The minimum absolute atomic E-state index is 0.116. The van der Waals surface area contributed by atoms with E-state index in [0.717, 1.165) is 5.56 Å². The normalized spacial score (nSPS) is 12.1. The fraction of sp³-hybridized carbons (Fsp3) is 0.500. The number of hydrogen-bond acceptors (Lipinski definition) is 4. The molecule has 0 fully saturated rings. The van der Waals surface area contributed by atoms with Crippen LogP contribution < -0.4 is 20.5 Å². The maximum Gasteiger partial charge on any atom is 0.237 e. The molecule has 0 aliphatic heterocycles. The number of nitrogens with one attached hydrogen (secondary N) is 1. The third-order valence-electron chi connectivity index (χ3n) is 2.94. The zero-order valence-electron chi connectivity index (χ0n) is 11.9. The Bertz CT molecular complexity index is 433. The average Bonchev–Trinajstić information content (AvgIpc) is 2.43. The number of nitrogens with two attached hydrogens (primary N) is 1. The van der Waals surface area contributed by atoms with Gasteiger partial charge in [0.05, 0.1) is 20.3 Å². The fourth-order valence-electron chi connectivity index (χ4n) is 1.60. The summed E-state index contributed by atoms with van der Waals surface area (Å²) in [5.41, 5.74) is 6.70. The maximum atomic E-state index is 11.7. The summed E-state index contributed by atoms with van der Waals surface area (Å²) in [7, 11) is 3.16. The molecule has 1 aromatic carbocycles. The molecule has 0 aliphatic rings. The summed E-state index contributed by atoms with van der Waals surface area (Å²) in [5, 5.41) is 2.81. The lowest BCUT2D eigenvalue weighted by atomic mass is 10.0. The van der Waals surface area contributed by atoms with Gasteiger partial charge in [0, 0.05) is 6.54 Å². The molecule has 1 rings (SSSR count). The van der Waals surface area contributed by atoms with Crippen LogP contribution in [0.5, 0.6) is 11.5 Å². The van der Waals surface area contributed by atoms with E-state index < -0.39 is 6.04 Å². The van der Waals surface area contributed by atoms with Crippen LogP contribution in [0.15, 0.2) is 18.2 Å². The first-order valence-corrected chi connectivity index (χ1v) is 6.23. The third kappa shape index (κ3) is 4.13. The Morgan fingerprint density at radius 2 is 1.89 bits per heavy atom. The van der Waals surface area contributed by atoms with Crippen molar-refractivity contribution in [1.82, 2.24) is 5.32 Å². The molecule has 106 valence electrons. The molecule has 1 amide bonds. The molecule has 0 saturated heterocycles. The molecule has 1 atom stereocenters. The number of hydrogen-bond donors (Lipinski definition) is 2. The summed E-state index contributed by atoms with van der Waals surface area (Å²) in [4.78, 5) is 11.7. The van der Waals surface area contributed by atoms with Crippen molar-refractivity contribution in [3.63, 3.8) is 0 Å². The molecule has 0 spiro atoms. The predicted molar refractivity (Wildman–Crippen MR) is 74.2 cm³/mol. The van der Waals surface area contributed by atoms with Crippen molar-refractivity contribution in [2.45, 2.75) is 26.4 Å². The Morgan fingerprint density at radius 3 is 2.42 bits per heavy atom. The van der Waals surface area contributed by atoms with Gasteiger partial charge in [0.1, 0.15) is 0 Å². The van der Waals surface area contributed by atoms with Gasteiger partial charge in [0.25, 0.3) is 0 Å². The van der Waals surface area contributed by atoms with Crippen LogP contribution >= 0.6 is 0 Å². The Hall–Kier alpha value is -1.75. The van der Waals surface area contributed by atoms with Crippen molar-refractivity contribution >= 4 is 5.91 Å². The summed E-state index contributed by atoms with van der Waals surface area (Å²) in [6, 6.07) is 5.03. The Balaban J connectivity index is 2.66. The van der Waals surface area contributed by atoms with Crippen LogP contribution in [0.25, 0.3) is 0 Å². The van der Waals surface area contributed by atoms with Crippen LogP contribution in [0.2, 0.25) is 0 Å². The number of methoxy groups -OCH3 is 2. The van der Waals surface area contributed by atoms with E-state index in [9.17, 15) is 4.79 Å². The van der Waals surface area contributed by atoms with Crippen molar-refractivity contribution in [3.05, 3.63) is 23.8 Å². The smallest absolute Gasteiger partial charge is 0.237 e. The molecule has 0 saturated carbocycles. The number of carbonyl (C=O) groups is 1. The van der Waals surface area contributed by atoms with Gasteiger partial charge in [0.15, 0.2) is 11.5 Å². The van der Waals surface area contributed by atoms with Gasteiger partial charge in [-0.3, -0.25) is 4.79 Å². The van der Waals surface area contributed by atoms with E-state index in [1.165, 1.54) is 0 Å². The van der Waals surface area contributed by atoms with Gasteiger partial charge in [-0.15, -0.1) is 0 Å². The van der Waals surface area contributed by atoms with E-state index >= 15 is 0 Å². The highest BCUT2D eigenvalue weighted by atomic mass is 16.5. The summed E-state index contributed by atoms with van der Waals surface area (Å²) in [6.45, 7) is 4.25. The quantitative estimate of drug-likeness (QED) is 0.814. The molecule has 0 heterocycles. The number of amides is 1. The van der Waals surface area contributed by atoms with Crippen molar-refractivity contribution in [2.24, 2.45) is 11.7 Å². The van der Waals surface area contributed by atoms with Crippen LogP contribution in [0.1, 0.15) is 19.4 Å². The van der Waals surface area contributed by atoms with Crippen molar-refractivity contribution in [1.29, 1.82) is 0 Å². The number of rotatable bonds is 6. The predicted octanol–water partition coefficient (Wildman–Crippen LogP) is 1.30. The summed E-state index contributed by atoms with van der Waals surface area (Å²) >= 11 is 0. The van der Waals surface area contributed by atoms with Crippen molar-refractivity contribution in [3.8, 4) is 11.5 Å². The molecule has 0 aromatic heterocycles. The van der Waals surface area contributed by atoms with E-state index in [0.29, 0.717) is 18.0 Å². The van der Waals surface area contributed by atoms with Crippen LogP contribution in [0.4, 0.5) is 0 Å². The summed E-state index contributed by atoms with van der Waals surface area (Å²) in [5.74, 6) is 1.27. The van der Waals surface area contributed by atoms with Gasteiger partial charge in [-0.1, -0.05) is 19.9 Å². The minimum Gasteiger partial charge on any atom is -0.493 e. The van der Waals surface area contributed by atoms with Crippen LogP contribution in [0.3, 0.4) is 0 Å². The lowest BCUT2D eigenvalue weighted by Gasteiger charge is -2.16. The second kappa shape index (κ2) is 6.99. The Morgan fingerprint density at radius 1 is 1.26 bits per heavy atom. The Labute approximate surface area is 114 Å². The van der Waals surface area contributed by atoms with Crippen LogP contribution in [-0.4, -0.2) is 26.2 Å². The van der Waals surface area contributed by atoms with E-state index in [1.54, 1.807) is 14.2 Å². The summed E-state index contributed by atoms with van der Waals surface area (Å²) in [6.07, 6.45) is 0. The first kappa shape index (κ1) is 15.3. The van der Waals surface area contributed by atoms with Gasteiger partial charge < -0.3 is 20.5 Å². The second-order valence-corrected chi connectivity index (χ2v) is 4.68. The number of carbonyl (C=O) groups excluding carboxylic acids is 1. The highest BCUT2D eigenvalue weighted by Crippen LogP contribution is 2.27. The molecule has 19 heavy (non-hydrogen) atoms.